The molecular formula is C11H20N2O5S. The topological polar surface area (TPSA) is 113 Å². The summed E-state index contributed by atoms with van der Waals surface area (Å²) in [7, 11) is -2.93. The van der Waals surface area contributed by atoms with E-state index < -0.39 is 15.8 Å². The quantitative estimate of drug-likeness (QED) is 0.666. The number of rotatable bonds is 5. The van der Waals surface area contributed by atoms with Gasteiger partial charge in [0.05, 0.1) is 11.5 Å². The van der Waals surface area contributed by atoms with Crippen molar-refractivity contribution in [3.8, 4) is 0 Å². The molecule has 2 amide bonds. The van der Waals surface area contributed by atoms with Gasteiger partial charge in [0.15, 0.2) is 0 Å². The van der Waals surface area contributed by atoms with Gasteiger partial charge >= 0.3 is 12.0 Å². The van der Waals surface area contributed by atoms with Crippen LogP contribution in [0, 0.1) is 0 Å². The molecule has 0 aromatic heterocycles. The molecule has 0 radical (unpaired) electrons. The Bertz CT molecular complexity index is 420. The minimum Gasteiger partial charge on any atom is -0.481 e. The second-order valence-corrected chi connectivity index (χ2v) is 7.18. The molecule has 0 bridgehead atoms. The Morgan fingerprint density at radius 3 is 2.42 bits per heavy atom. The lowest BCUT2D eigenvalue weighted by Gasteiger charge is -2.24. The first-order valence-electron chi connectivity index (χ1n) is 6.28. The lowest BCUT2D eigenvalue weighted by molar-refractivity contribution is -0.137. The van der Waals surface area contributed by atoms with E-state index in [1.807, 2.05) is 0 Å². The largest absolute Gasteiger partial charge is 0.481 e. The number of sulfone groups is 1. The molecule has 1 unspecified atom stereocenters. The molecule has 1 saturated heterocycles. The summed E-state index contributed by atoms with van der Waals surface area (Å²) in [5.41, 5.74) is 0. The van der Waals surface area contributed by atoms with Gasteiger partial charge in [-0.25, -0.2) is 13.2 Å². The Kier molecular flexibility index (Phi) is 5.59. The number of carbonyl (C=O) groups is 2. The zero-order valence-electron chi connectivity index (χ0n) is 10.9. The average molecular weight is 292 g/mol. The molecular weight excluding hydrogens is 272 g/mol. The molecule has 19 heavy (non-hydrogen) atoms. The molecule has 1 rings (SSSR count). The van der Waals surface area contributed by atoms with Gasteiger partial charge in [-0.2, -0.15) is 0 Å². The standard InChI is InChI=1S/C11H20N2O5S/c1-8(2-3-10(14)15)12-11(16)13-9-4-6-19(17,18)7-5-9/h8-9H,2-7H2,1H3,(H,14,15)(H2,12,13,16). The van der Waals surface area contributed by atoms with Crippen molar-refractivity contribution in [2.24, 2.45) is 0 Å². The highest BCUT2D eigenvalue weighted by atomic mass is 32.2. The van der Waals surface area contributed by atoms with Crippen LogP contribution in [-0.4, -0.2) is 49.1 Å². The number of hydrogen-bond donors (Lipinski definition) is 3. The monoisotopic (exact) mass is 292 g/mol. The predicted molar refractivity (Wildman–Crippen MR) is 69.7 cm³/mol. The van der Waals surface area contributed by atoms with E-state index in [-0.39, 0.29) is 36.0 Å². The van der Waals surface area contributed by atoms with Gasteiger partial charge in [-0.3, -0.25) is 4.79 Å². The molecule has 1 atom stereocenters. The summed E-state index contributed by atoms with van der Waals surface area (Å²) in [6.07, 6.45) is 1.23. The van der Waals surface area contributed by atoms with E-state index in [1.165, 1.54) is 0 Å². The van der Waals surface area contributed by atoms with E-state index in [0.717, 1.165) is 0 Å². The van der Waals surface area contributed by atoms with Gasteiger partial charge in [0.25, 0.3) is 0 Å². The van der Waals surface area contributed by atoms with Gasteiger partial charge in [0, 0.05) is 18.5 Å². The van der Waals surface area contributed by atoms with Crippen LogP contribution in [0.5, 0.6) is 0 Å². The number of hydrogen-bond acceptors (Lipinski definition) is 4. The van der Waals surface area contributed by atoms with Crippen LogP contribution in [-0.2, 0) is 14.6 Å². The number of nitrogens with one attached hydrogen (secondary N) is 2. The van der Waals surface area contributed by atoms with E-state index in [0.29, 0.717) is 19.3 Å². The van der Waals surface area contributed by atoms with E-state index in [4.69, 9.17) is 5.11 Å². The normalized spacial score (nSPS) is 20.5. The minimum absolute atomic E-state index is 0.00309. The molecule has 0 aromatic rings. The lowest BCUT2D eigenvalue weighted by atomic mass is 10.1. The molecule has 1 fully saturated rings. The summed E-state index contributed by atoms with van der Waals surface area (Å²) in [5.74, 6) is -0.689. The number of carboxylic acid groups (broad SMARTS) is 1. The highest BCUT2D eigenvalue weighted by Gasteiger charge is 2.24. The summed E-state index contributed by atoms with van der Waals surface area (Å²) in [5, 5.41) is 13.9. The summed E-state index contributed by atoms with van der Waals surface area (Å²) in [6.45, 7) is 1.73. The Balaban J connectivity index is 2.26. The molecule has 7 nitrogen and oxygen atoms in total. The number of carboxylic acids is 1. The van der Waals surface area contributed by atoms with Crippen LogP contribution < -0.4 is 10.6 Å². The van der Waals surface area contributed by atoms with Crippen LogP contribution in [0.2, 0.25) is 0 Å². The van der Waals surface area contributed by atoms with Crippen molar-refractivity contribution < 1.29 is 23.1 Å². The van der Waals surface area contributed by atoms with Crippen molar-refractivity contribution in [2.75, 3.05) is 11.5 Å². The third-order valence-corrected chi connectivity index (χ3v) is 4.77. The fourth-order valence-electron chi connectivity index (χ4n) is 1.90. The van der Waals surface area contributed by atoms with Crippen molar-refractivity contribution in [1.29, 1.82) is 0 Å². The van der Waals surface area contributed by atoms with Gasteiger partial charge in [-0.1, -0.05) is 0 Å². The van der Waals surface area contributed by atoms with Gasteiger partial charge in [0.1, 0.15) is 9.84 Å². The van der Waals surface area contributed by atoms with Crippen LogP contribution in [0.3, 0.4) is 0 Å². The summed E-state index contributed by atoms with van der Waals surface area (Å²) >= 11 is 0. The SMILES string of the molecule is CC(CCC(=O)O)NC(=O)NC1CCS(=O)(=O)CC1. The van der Waals surface area contributed by atoms with E-state index in [2.05, 4.69) is 10.6 Å². The molecule has 0 aromatic carbocycles. The molecule has 0 aliphatic carbocycles. The van der Waals surface area contributed by atoms with Gasteiger partial charge in [-0.15, -0.1) is 0 Å². The molecule has 0 saturated carbocycles. The van der Waals surface area contributed by atoms with Crippen molar-refractivity contribution >= 4 is 21.8 Å². The van der Waals surface area contributed by atoms with Gasteiger partial charge < -0.3 is 15.7 Å². The van der Waals surface area contributed by atoms with Gasteiger partial charge in [0.2, 0.25) is 0 Å². The molecule has 0 spiro atoms. The predicted octanol–water partition coefficient (Wildman–Crippen LogP) is 0.116. The fourth-order valence-corrected chi connectivity index (χ4v) is 3.39. The molecule has 1 aliphatic heterocycles. The fraction of sp³-hybridized carbons (Fsp3) is 0.818. The van der Waals surface area contributed by atoms with Crippen LogP contribution in [0.25, 0.3) is 0 Å². The molecule has 1 heterocycles. The second-order valence-electron chi connectivity index (χ2n) is 4.88. The smallest absolute Gasteiger partial charge is 0.315 e. The van der Waals surface area contributed by atoms with Crippen LogP contribution in [0.15, 0.2) is 0 Å². The van der Waals surface area contributed by atoms with Crippen molar-refractivity contribution in [2.45, 2.75) is 44.7 Å². The zero-order valence-corrected chi connectivity index (χ0v) is 11.7. The highest BCUT2D eigenvalue weighted by molar-refractivity contribution is 7.91. The molecule has 1 aliphatic rings. The Morgan fingerprint density at radius 2 is 1.89 bits per heavy atom. The van der Waals surface area contributed by atoms with E-state index >= 15 is 0 Å². The Labute approximate surface area is 112 Å². The first-order valence-corrected chi connectivity index (χ1v) is 8.10. The third kappa shape index (κ3) is 6.42. The van der Waals surface area contributed by atoms with Crippen molar-refractivity contribution in [3.05, 3.63) is 0 Å². The zero-order chi connectivity index (χ0) is 14.5. The maximum Gasteiger partial charge on any atom is 0.315 e. The van der Waals surface area contributed by atoms with Crippen LogP contribution in [0.4, 0.5) is 4.79 Å². The lowest BCUT2D eigenvalue weighted by Crippen LogP contribution is -2.48. The summed E-state index contributed by atoms with van der Waals surface area (Å²) < 4.78 is 22.4. The maximum atomic E-state index is 11.6. The molecule has 8 heteroatoms. The van der Waals surface area contributed by atoms with Crippen LogP contribution in [0.1, 0.15) is 32.6 Å². The highest BCUT2D eigenvalue weighted by Crippen LogP contribution is 2.11. The second kappa shape index (κ2) is 6.74. The first-order chi connectivity index (χ1) is 8.78. The number of aliphatic carboxylic acids is 1. The number of amides is 2. The summed E-state index contributed by atoms with van der Waals surface area (Å²) in [4.78, 5) is 22.0. The van der Waals surface area contributed by atoms with Crippen molar-refractivity contribution in [3.63, 3.8) is 0 Å². The van der Waals surface area contributed by atoms with E-state index in [9.17, 15) is 18.0 Å². The molecule has 3 N–H and O–H groups in total. The first kappa shape index (κ1) is 15.7. The van der Waals surface area contributed by atoms with Gasteiger partial charge in [-0.05, 0) is 26.2 Å². The minimum atomic E-state index is -2.93. The third-order valence-electron chi connectivity index (χ3n) is 3.06. The average Bonchev–Trinajstić information content (AvgIpc) is 2.29. The number of carbonyl (C=O) groups excluding carboxylic acids is 1. The number of urea groups is 1. The maximum absolute atomic E-state index is 11.6. The van der Waals surface area contributed by atoms with E-state index in [1.54, 1.807) is 6.92 Å². The van der Waals surface area contributed by atoms with Crippen LogP contribution >= 0.6 is 0 Å². The Morgan fingerprint density at radius 1 is 1.32 bits per heavy atom. The van der Waals surface area contributed by atoms with Crippen molar-refractivity contribution in [1.82, 2.24) is 10.6 Å². The summed E-state index contributed by atoms with van der Waals surface area (Å²) in [6, 6.07) is -0.735. The Hall–Kier alpha value is -1.31. The molecule has 110 valence electrons.